The molecule has 0 fully saturated rings. The van der Waals surface area contributed by atoms with Gasteiger partial charge in [0, 0.05) is 24.2 Å². The van der Waals surface area contributed by atoms with Gasteiger partial charge in [0.1, 0.15) is 5.01 Å². The predicted molar refractivity (Wildman–Crippen MR) is 71.1 cm³/mol. The first-order chi connectivity index (χ1) is 8.26. The molecule has 17 heavy (non-hydrogen) atoms. The third-order valence-corrected chi connectivity index (χ3v) is 3.59. The minimum atomic E-state index is 0.308. The molecular formula is C12H18N4S. The monoisotopic (exact) mass is 250 g/mol. The second-order valence-corrected chi connectivity index (χ2v) is 4.75. The Balaban J connectivity index is 2.23. The van der Waals surface area contributed by atoms with E-state index in [0.29, 0.717) is 6.04 Å². The SMILES string of the molecule is CCNC(C)c1csc(-c2ccnn2CC)n1. The number of thiazole rings is 1. The van der Waals surface area contributed by atoms with Gasteiger partial charge in [0.25, 0.3) is 0 Å². The van der Waals surface area contributed by atoms with Crippen molar-refractivity contribution in [2.45, 2.75) is 33.4 Å². The molecule has 0 aromatic carbocycles. The largest absolute Gasteiger partial charge is 0.309 e. The summed E-state index contributed by atoms with van der Waals surface area (Å²) in [6.45, 7) is 8.17. The Kier molecular flexibility index (Phi) is 3.91. The van der Waals surface area contributed by atoms with Gasteiger partial charge in [-0.2, -0.15) is 5.10 Å². The smallest absolute Gasteiger partial charge is 0.141 e. The Labute approximate surface area is 106 Å². The average Bonchev–Trinajstić information content (AvgIpc) is 2.97. The molecule has 5 heteroatoms. The number of hydrogen-bond donors (Lipinski definition) is 1. The summed E-state index contributed by atoms with van der Waals surface area (Å²) in [7, 11) is 0. The quantitative estimate of drug-likeness (QED) is 0.887. The lowest BCUT2D eigenvalue weighted by Gasteiger charge is -2.08. The zero-order valence-electron chi connectivity index (χ0n) is 10.5. The number of hydrogen-bond acceptors (Lipinski definition) is 4. The number of rotatable bonds is 5. The zero-order valence-corrected chi connectivity index (χ0v) is 11.3. The van der Waals surface area contributed by atoms with Crippen LogP contribution in [0.1, 0.15) is 32.5 Å². The van der Waals surface area contributed by atoms with E-state index in [-0.39, 0.29) is 0 Å². The first-order valence-electron chi connectivity index (χ1n) is 5.97. The van der Waals surface area contributed by atoms with Crippen molar-refractivity contribution >= 4 is 11.3 Å². The second-order valence-electron chi connectivity index (χ2n) is 3.89. The van der Waals surface area contributed by atoms with Gasteiger partial charge in [0.2, 0.25) is 0 Å². The van der Waals surface area contributed by atoms with E-state index in [0.717, 1.165) is 29.5 Å². The fourth-order valence-electron chi connectivity index (χ4n) is 1.78. The van der Waals surface area contributed by atoms with E-state index in [1.54, 1.807) is 11.3 Å². The highest BCUT2D eigenvalue weighted by Gasteiger charge is 2.12. The molecule has 2 rings (SSSR count). The van der Waals surface area contributed by atoms with Crippen LogP contribution in [0.5, 0.6) is 0 Å². The van der Waals surface area contributed by atoms with Crippen LogP contribution in [0.25, 0.3) is 10.7 Å². The maximum Gasteiger partial charge on any atom is 0.141 e. The molecule has 0 radical (unpaired) electrons. The fraction of sp³-hybridized carbons (Fsp3) is 0.500. The van der Waals surface area contributed by atoms with E-state index in [2.05, 4.69) is 41.6 Å². The summed E-state index contributed by atoms with van der Waals surface area (Å²) in [6.07, 6.45) is 1.83. The van der Waals surface area contributed by atoms with Crippen molar-refractivity contribution in [2.24, 2.45) is 0 Å². The molecule has 0 aliphatic carbocycles. The number of nitrogens with zero attached hydrogens (tertiary/aromatic N) is 3. The topological polar surface area (TPSA) is 42.7 Å². The highest BCUT2D eigenvalue weighted by atomic mass is 32.1. The molecule has 1 atom stereocenters. The average molecular weight is 250 g/mol. The van der Waals surface area contributed by atoms with Gasteiger partial charge < -0.3 is 5.32 Å². The Morgan fingerprint density at radius 3 is 3.00 bits per heavy atom. The summed E-state index contributed by atoms with van der Waals surface area (Å²) in [5, 5.41) is 10.8. The van der Waals surface area contributed by atoms with Crippen LogP contribution < -0.4 is 5.32 Å². The normalized spacial score (nSPS) is 12.9. The molecule has 0 bridgehead atoms. The Morgan fingerprint density at radius 2 is 2.29 bits per heavy atom. The highest BCUT2D eigenvalue weighted by molar-refractivity contribution is 7.13. The van der Waals surface area contributed by atoms with Crippen molar-refractivity contribution in [1.29, 1.82) is 0 Å². The molecule has 0 aliphatic heterocycles. The van der Waals surface area contributed by atoms with Gasteiger partial charge in [-0.1, -0.05) is 6.92 Å². The van der Waals surface area contributed by atoms with Crippen LogP contribution in [-0.4, -0.2) is 21.3 Å². The number of nitrogens with one attached hydrogen (secondary N) is 1. The lowest BCUT2D eigenvalue weighted by Crippen LogP contribution is -2.17. The summed E-state index contributed by atoms with van der Waals surface area (Å²) in [5.74, 6) is 0. The minimum absolute atomic E-state index is 0.308. The lowest BCUT2D eigenvalue weighted by atomic mass is 10.2. The lowest BCUT2D eigenvalue weighted by molar-refractivity contribution is 0.586. The van der Waals surface area contributed by atoms with Gasteiger partial charge in [0.15, 0.2) is 0 Å². The highest BCUT2D eigenvalue weighted by Crippen LogP contribution is 2.25. The Bertz CT molecular complexity index is 474. The fourth-order valence-corrected chi connectivity index (χ4v) is 2.72. The molecule has 2 aromatic rings. The van der Waals surface area contributed by atoms with Crippen LogP contribution in [0.3, 0.4) is 0 Å². The minimum Gasteiger partial charge on any atom is -0.309 e. The summed E-state index contributed by atoms with van der Waals surface area (Å²) in [6, 6.07) is 2.33. The molecule has 0 saturated carbocycles. The third kappa shape index (κ3) is 2.56. The Hall–Kier alpha value is -1.20. The van der Waals surface area contributed by atoms with E-state index >= 15 is 0 Å². The van der Waals surface area contributed by atoms with Gasteiger partial charge in [-0.05, 0) is 26.5 Å². The van der Waals surface area contributed by atoms with Gasteiger partial charge in [0.05, 0.1) is 11.4 Å². The van der Waals surface area contributed by atoms with Crippen LogP contribution in [-0.2, 0) is 6.54 Å². The van der Waals surface area contributed by atoms with Crippen LogP contribution in [0.15, 0.2) is 17.6 Å². The maximum absolute atomic E-state index is 4.68. The van der Waals surface area contributed by atoms with Crippen LogP contribution in [0, 0.1) is 0 Å². The molecule has 92 valence electrons. The van der Waals surface area contributed by atoms with E-state index in [9.17, 15) is 0 Å². The molecule has 2 aromatic heterocycles. The van der Waals surface area contributed by atoms with E-state index < -0.39 is 0 Å². The summed E-state index contributed by atoms with van der Waals surface area (Å²) in [5.41, 5.74) is 2.21. The number of aryl methyl sites for hydroxylation is 1. The van der Waals surface area contributed by atoms with Crippen molar-refractivity contribution in [3.05, 3.63) is 23.3 Å². The second kappa shape index (κ2) is 5.42. The molecule has 0 aliphatic rings. The summed E-state index contributed by atoms with van der Waals surface area (Å²) >= 11 is 1.68. The predicted octanol–water partition coefficient (Wildman–Crippen LogP) is 2.70. The molecule has 2 heterocycles. The van der Waals surface area contributed by atoms with Crippen molar-refractivity contribution in [3.8, 4) is 10.7 Å². The van der Waals surface area contributed by atoms with Crippen molar-refractivity contribution in [2.75, 3.05) is 6.54 Å². The van der Waals surface area contributed by atoms with Crippen LogP contribution >= 0.6 is 11.3 Å². The maximum atomic E-state index is 4.68. The van der Waals surface area contributed by atoms with Crippen LogP contribution in [0.4, 0.5) is 0 Å². The standard InChI is InChI=1S/C12H18N4S/c1-4-13-9(3)10-8-17-12(15-10)11-6-7-14-16(11)5-2/h6-9,13H,4-5H2,1-3H3. The number of aromatic nitrogens is 3. The van der Waals surface area contributed by atoms with Crippen molar-refractivity contribution in [3.63, 3.8) is 0 Å². The van der Waals surface area contributed by atoms with Crippen molar-refractivity contribution < 1.29 is 0 Å². The van der Waals surface area contributed by atoms with Gasteiger partial charge in [-0.3, -0.25) is 4.68 Å². The first-order valence-corrected chi connectivity index (χ1v) is 6.85. The van der Waals surface area contributed by atoms with Crippen LogP contribution in [0.2, 0.25) is 0 Å². The van der Waals surface area contributed by atoms with Gasteiger partial charge >= 0.3 is 0 Å². The molecule has 1 unspecified atom stereocenters. The van der Waals surface area contributed by atoms with Gasteiger partial charge in [-0.15, -0.1) is 11.3 Å². The van der Waals surface area contributed by atoms with E-state index in [1.807, 2.05) is 16.9 Å². The molecular weight excluding hydrogens is 232 g/mol. The summed E-state index contributed by atoms with van der Waals surface area (Å²) in [4.78, 5) is 4.68. The molecule has 0 saturated heterocycles. The van der Waals surface area contributed by atoms with E-state index in [1.165, 1.54) is 0 Å². The molecule has 0 amide bonds. The first kappa shape index (κ1) is 12.3. The molecule has 0 spiro atoms. The molecule has 4 nitrogen and oxygen atoms in total. The van der Waals surface area contributed by atoms with Gasteiger partial charge in [-0.25, -0.2) is 4.98 Å². The Morgan fingerprint density at radius 1 is 1.47 bits per heavy atom. The van der Waals surface area contributed by atoms with Crippen molar-refractivity contribution in [1.82, 2.24) is 20.1 Å². The van der Waals surface area contributed by atoms with E-state index in [4.69, 9.17) is 0 Å². The summed E-state index contributed by atoms with van der Waals surface area (Å²) < 4.78 is 1.97. The zero-order chi connectivity index (χ0) is 12.3. The molecule has 1 N–H and O–H groups in total. The third-order valence-electron chi connectivity index (χ3n) is 2.71.